The van der Waals surface area contributed by atoms with Gasteiger partial charge in [-0.2, -0.15) is 0 Å². The maximum Gasteiger partial charge on any atom is 0.161 e. The summed E-state index contributed by atoms with van der Waals surface area (Å²) in [6.45, 7) is 0. The van der Waals surface area contributed by atoms with E-state index in [9.17, 15) is 0 Å². The molecular formula is C16H22BrNO2. The average molecular weight is 340 g/mol. The van der Waals surface area contributed by atoms with E-state index in [1.54, 1.807) is 14.2 Å². The van der Waals surface area contributed by atoms with Crippen molar-refractivity contribution in [2.24, 2.45) is 23.5 Å². The van der Waals surface area contributed by atoms with Gasteiger partial charge in [-0.1, -0.05) is 28.8 Å². The van der Waals surface area contributed by atoms with Crippen molar-refractivity contribution >= 4 is 15.9 Å². The lowest BCUT2D eigenvalue weighted by Crippen LogP contribution is -2.15. The maximum atomic E-state index is 6.55. The Morgan fingerprint density at radius 1 is 1.10 bits per heavy atom. The van der Waals surface area contributed by atoms with Crippen molar-refractivity contribution in [2.75, 3.05) is 14.2 Å². The Balaban J connectivity index is 1.86. The lowest BCUT2D eigenvalue weighted by Gasteiger charge is -2.17. The molecule has 2 fully saturated rings. The fourth-order valence-electron chi connectivity index (χ4n) is 3.91. The number of halogens is 1. The smallest absolute Gasteiger partial charge is 0.161 e. The zero-order valence-corrected chi connectivity index (χ0v) is 13.7. The van der Waals surface area contributed by atoms with E-state index < -0.39 is 0 Å². The van der Waals surface area contributed by atoms with Gasteiger partial charge in [0.2, 0.25) is 0 Å². The highest BCUT2D eigenvalue weighted by atomic mass is 79.9. The molecule has 0 aliphatic heterocycles. The molecule has 2 aliphatic rings. The molecule has 2 aliphatic carbocycles. The monoisotopic (exact) mass is 339 g/mol. The van der Waals surface area contributed by atoms with E-state index in [4.69, 9.17) is 15.2 Å². The van der Waals surface area contributed by atoms with Crippen LogP contribution < -0.4 is 15.2 Å². The van der Waals surface area contributed by atoms with Crippen LogP contribution in [0.3, 0.4) is 0 Å². The number of hydrogen-bond donors (Lipinski definition) is 1. The highest BCUT2D eigenvalue weighted by molar-refractivity contribution is 9.10. The second kappa shape index (κ2) is 5.57. The molecule has 2 saturated carbocycles. The molecule has 3 rings (SSSR count). The van der Waals surface area contributed by atoms with Gasteiger partial charge in [0.1, 0.15) is 0 Å². The highest BCUT2D eigenvalue weighted by Crippen LogP contribution is 2.60. The summed E-state index contributed by atoms with van der Waals surface area (Å²) in [6, 6.07) is 4.08. The van der Waals surface area contributed by atoms with E-state index in [1.165, 1.54) is 25.7 Å². The lowest BCUT2D eigenvalue weighted by atomic mass is 10.0. The Labute approximate surface area is 129 Å². The van der Waals surface area contributed by atoms with E-state index in [0.717, 1.165) is 33.4 Å². The first-order valence-corrected chi connectivity index (χ1v) is 8.13. The van der Waals surface area contributed by atoms with Crippen molar-refractivity contribution in [3.8, 4) is 11.5 Å². The van der Waals surface area contributed by atoms with Gasteiger partial charge in [-0.05, 0) is 48.3 Å². The van der Waals surface area contributed by atoms with Crippen molar-refractivity contribution in [1.82, 2.24) is 0 Å². The van der Waals surface area contributed by atoms with Crippen LogP contribution in [0.2, 0.25) is 0 Å². The molecule has 0 spiro atoms. The highest BCUT2D eigenvalue weighted by Gasteiger charge is 2.53. The van der Waals surface area contributed by atoms with E-state index in [1.807, 2.05) is 12.1 Å². The van der Waals surface area contributed by atoms with Crippen LogP contribution in [0.25, 0.3) is 0 Å². The summed E-state index contributed by atoms with van der Waals surface area (Å²) >= 11 is 3.63. The summed E-state index contributed by atoms with van der Waals surface area (Å²) < 4.78 is 11.7. The third-order valence-corrected chi connectivity index (χ3v) is 5.69. The summed E-state index contributed by atoms with van der Waals surface area (Å²) in [4.78, 5) is 0. The first-order chi connectivity index (χ1) is 9.67. The van der Waals surface area contributed by atoms with Crippen molar-refractivity contribution < 1.29 is 9.47 Å². The van der Waals surface area contributed by atoms with Crippen LogP contribution in [0.4, 0.5) is 0 Å². The number of rotatable bonds is 4. The number of nitrogens with two attached hydrogens (primary N) is 1. The molecule has 1 aromatic carbocycles. The van der Waals surface area contributed by atoms with Crippen LogP contribution in [0, 0.1) is 17.8 Å². The second-order valence-corrected chi connectivity index (χ2v) is 6.80. The number of hydrogen-bond acceptors (Lipinski definition) is 3. The molecule has 1 aromatic rings. The molecule has 0 aromatic heterocycles. The maximum absolute atomic E-state index is 6.55. The standard InChI is InChI=1S/C16H22BrNO2/c1-19-13-7-11(12(17)8-14(13)20-2)16(18)15-9-5-3-4-6-10(9)15/h7-10,15-16H,3-6,18H2,1-2H3. The predicted molar refractivity (Wildman–Crippen MR) is 83.1 cm³/mol. The number of fused-ring (bicyclic) bond motifs is 1. The molecule has 0 saturated heterocycles. The Kier molecular flexibility index (Phi) is 3.95. The van der Waals surface area contributed by atoms with Gasteiger partial charge in [0.05, 0.1) is 14.2 Å². The number of benzene rings is 1. The van der Waals surface area contributed by atoms with E-state index in [2.05, 4.69) is 15.9 Å². The minimum Gasteiger partial charge on any atom is -0.493 e. The Morgan fingerprint density at radius 2 is 1.65 bits per heavy atom. The van der Waals surface area contributed by atoms with Crippen LogP contribution in [-0.2, 0) is 0 Å². The van der Waals surface area contributed by atoms with Crippen LogP contribution in [0.5, 0.6) is 11.5 Å². The first kappa shape index (κ1) is 14.2. The molecule has 0 amide bonds. The minimum absolute atomic E-state index is 0.0947. The molecule has 4 heteroatoms. The van der Waals surface area contributed by atoms with Crippen molar-refractivity contribution in [3.05, 3.63) is 22.2 Å². The molecule has 20 heavy (non-hydrogen) atoms. The summed E-state index contributed by atoms with van der Waals surface area (Å²) in [5, 5.41) is 0. The molecule has 110 valence electrons. The fourth-order valence-corrected chi connectivity index (χ4v) is 4.50. The SMILES string of the molecule is COc1cc(Br)c(C(N)C2C3CCCCC32)cc1OC. The summed E-state index contributed by atoms with van der Waals surface area (Å²) in [5.41, 5.74) is 7.69. The fraction of sp³-hybridized carbons (Fsp3) is 0.625. The van der Waals surface area contributed by atoms with E-state index in [-0.39, 0.29) is 6.04 Å². The summed E-state index contributed by atoms with van der Waals surface area (Å²) in [5.74, 6) is 3.83. The largest absolute Gasteiger partial charge is 0.493 e. The van der Waals surface area contributed by atoms with Gasteiger partial charge in [0.25, 0.3) is 0 Å². The Morgan fingerprint density at radius 3 is 2.20 bits per heavy atom. The van der Waals surface area contributed by atoms with Crippen LogP contribution >= 0.6 is 15.9 Å². The van der Waals surface area contributed by atoms with Crippen LogP contribution in [0.1, 0.15) is 37.3 Å². The Hall–Kier alpha value is -0.740. The third-order valence-electron chi connectivity index (χ3n) is 5.00. The molecule has 3 atom stereocenters. The van der Waals surface area contributed by atoms with Gasteiger partial charge < -0.3 is 15.2 Å². The van der Waals surface area contributed by atoms with Gasteiger partial charge in [0, 0.05) is 10.5 Å². The van der Waals surface area contributed by atoms with Crippen LogP contribution in [0.15, 0.2) is 16.6 Å². The summed E-state index contributed by atoms with van der Waals surface area (Å²) in [6.07, 6.45) is 5.46. The van der Waals surface area contributed by atoms with Crippen molar-refractivity contribution in [3.63, 3.8) is 0 Å². The van der Waals surface area contributed by atoms with E-state index >= 15 is 0 Å². The first-order valence-electron chi connectivity index (χ1n) is 7.34. The molecule has 0 bridgehead atoms. The predicted octanol–water partition coefficient (Wildman–Crippen LogP) is 3.90. The second-order valence-electron chi connectivity index (χ2n) is 5.94. The molecule has 0 radical (unpaired) electrons. The number of ether oxygens (including phenoxy) is 2. The Bertz CT molecular complexity index is 493. The van der Waals surface area contributed by atoms with Crippen molar-refractivity contribution in [2.45, 2.75) is 31.7 Å². The van der Waals surface area contributed by atoms with Crippen LogP contribution in [-0.4, -0.2) is 14.2 Å². The van der Waals surface area contributed by atoms with E-state index in [0.29, 0.717) is 5.92 Å². The third kappa shape index (κ3) is 2.33. The zero-order chi connectivity index (χ0) is 14.3. The average Bonchev–Trinajstić information content (AvgIpc) is 3.20. The topological polar surface area (TPSA) is 44.5 Å². The van der Waals surface area contributed by atoms with Gasteiger partial charge in [0.15, 0.2) is 11.5 Å². The quantitative estimate of drug-likeness (QED) is 0.904. The molecule has 2 N–H and O–H groups in total. The van der Waals surface area contributed by atoms with Gasteiger partial charge in [-0.15, -0.1) is 0 Å². The summed E-state index contributed by atoms with van der Waals surface area (Å²) in [7, 11) is 3.32. The van der Waals surface area contributed by atoms with Gasteiger partial charge in [-0.3, -0.25) is 0 Å². The zero-order valence-electron chi connectivity index (χ0n) is 12.1. The number of methoxy groups -OCH3 is 2. The normalized spacial score (nSPS) is 29.5. The van der Waals surface area contributed by atoms with Gasteiger partial charge in [-0.25, -0.2) is 0 Å². The van der Waals surface area contributed by atoms with Gasteiger partial charge >= 0.3 is 0 Å². The minimum atomic E-state index is 0.0947. The lowest BCUT2D eigenvalue weighted by molar-refractivity contribution is 0.353. The molecule has 0 heterocycles. The molecule has 3 nitrogen and oxygen atoms in total. The molecular weight excluding hydrogens is 318 g/mol. The molecule has 3 unspecified atom stereocenters. The van der Waals surface area contributed by atoms with Crippen molar-refractivity contribution in [1.29, 1.82) is 0 Å².